The van der Waals surface area contributed by atoms with Gasteiger partial charge in [0.05, 0.1) is 37.5 Å². The molecule has 4 N–H and O–H groups in total. The van der Waals surface area contributed by atoms with E-state index in [1.54, 1.807) is 18.2 Å². The van der Waals surface area contributed by atoms with E-state index in [1.165, 1.54) is 18.0 Å². The van der Waals surface area contributed by atoms with Crippen LogP contribution in [0.5, 0.6) is 5.75 Å². The molecule has 3 atom stereocenters. The number of nitrogen functional groups attached to an aromatic ring is 1. The molecule has 2 aromatic heterocycles. The summed E-state index contributed by atoms with van der Waals surface area (Å²) in [5.74, 6) is 0.0486. The smallest absolute Gasteiger partial charge is 0.255 e. The van der Waals surface area contributed by atoms with Gasteiger partial charge < -0.3 is 25.6 Å². The maximum atomic E-state index is 14.3. The highest BCUT2D eigenvalue weighted by Gasteiger charge is 2.31. The van der Waals surface area contributed by atoms with E-state index in [9.17, 15) is 14.3 Å². The zero-order valence-corrected chi connectivity index (χ0v) is 27.6. The molecule has 2 aromatic carbocycles. The topological polar surface area (TPSA) is 126 Å². The quantitative estimate of drug-likeness (QED) is 0.204. The van der Waals surface area contributed by atoms with Gasteiger partial charge in [0.1, 0.15) is 11.6 Å². The van der Waals surface area contributed by atoms with Crippen LogP contribution in [0.2, 0.25) is 0 Å². The third-order valence-corrected chi connectivity index (χ3v) is 10.0. The summed E-state index contributed by atoms with van der Waals surface area (Å²) in [6.45, 7) is 6.05. The lowest BCUT2D eigenvalue weighted by Crippen LogP contribution is -2.48. The maximum absolute atomic E-state index is 14.3. The Morgan fingerprint density at radius 2 is 1.82 bits per heavy atom. The van der Waals surface area contributed by atoms with Gasteiger partial charge in [-0.3, -0.25) is 14.6 Å². The second kappa shape index (κ2) is 15.0. The summed E-state index contributed by atoms with van der Waals surface area (Å²) < 4.78 is 26.7. The third-order valence-electron chi connectivity index (χ3n) is 10.0. The van der Waals surface area contributed by atoms with Crippen LogP contribution in [-0.4, -0.2) is 88.9 Å². The number of anilines is 1. The van der Waals surface area contributed by atoms with Gasteiger partial charge >= 0.3 is 0 Å². The number of benzene rings is 2. The van der Waals surface area contributed by atoms with E-state index in [4.69, 9.17) is 15.2 Å². The monoisotopic (exact) mass is 666 g/mol. The van der Waals surface area contributed by atoms with Gasteiger partial charge in [0.2, 0.25) is 5.95 Å². The van der Waals surface area contributed by atoms with Crippen LogP contribution in [0.4, 0.5) is 10.2 Å². The van der Waals surface area contributed by atoms with Crippen LogP contribution in [-0.2, 0) is 11.3 Å². The number of piperazine rings is 1. The highest BCUT2D eigenvalue weighted by molar-refractivity contribution is 5.99. The number of aliphatic hydroxyl groups excluding tert-OH is 1. The highest BCUT2D eigenvalue weighted by Crippen LogP contribution is 2.39. The van der Waals surface area contributed by atoms with Crippen LogP contribution in [0, 0.1) is 5.95 Å². The lowest BCUT2D eigenvalue weighted by molar-refractivity contribution is 0.0272. The molecule has 2 fully saturated rings. The van der Waals surface area contributed by atoms with E-state index in [1.807, 2.05) is 0 Å². The number of amides is 1. The predicted molar refractivity (Wildman–Crippen MR) is 185 cm³/mol. The molecule has 256 valence electrons. The maximum Gasteiger partial charge on any atom is 0.255 e. The van der Waals surface area contributed by atoms with E-state index in [0.29, 0.717) is 24.8 Å². The summed E-state index contributed by atoms with van der Waals surface area (Å²) in [6.07, 6.45) is 6.23. The summed E-state index contributed by atoms with van der Waals surface area (Å²) >= 11 is 0. The van der Waals surface area contributed by atoms with Gasteiger partial charge in [0.25, 0.3) is 5.91 Å². The highest BCUT2D eigenvalue weighted by atomic mass is 19.1. The number of ether oxygens (including phenoxy) is 2. The molecule has 0 bridgehead atoms. The molecule has 2 aliphatic heterocycles. The van der Waals surface area contributed by atoms with Gasteiger partial charge in [-0.15, -0.1) is 0 Å². The molecule has 3 aliphatic rings. The van der Waals surface area contributed by atoms with Crippen molar-refractivity contribution >= 4 is 11.7 Å². The average Bonchev–Trinajstić information content (AvgIpc) is 3.58. The molecule has 7 rings (SSSR count). The lowest BCUT2D eigenvalue weighted by atomic mass is 9.94. The molecular formula is C38H43FN6O4. The van der Waals surface area contributed by atoms with E-state index >= 15 is 0 Å². The van der Waals surface area contributed by atoms with Crippen molar-refractivity contribution in [2.24, 2.45) is 0 Å². The number of nitrogens with one attached hydrogen (secondary N) is 1. The zero-order chi connectivity index (χ0) is 33.7. The molecule has 1 saturated carbocycles. The van der Waals surface area contributed by atoms with Crippen LogP contribution in [0.1, 0.15) is 53.2 Å². The fourth-order valence-electron chi connectivity index (χ4n) is 7.31. The minimum Gasteiger partial charge on any atom is -0.493 e. The number of aliphatic hydroxyl groups is 1. The fourth-order valence-corrected chi connectivity index (χ4v) is 7.31. The van der Waals surface area contributed by atoms with Gasteiger partial charge in [-0.05, 0) is 60.2 Å². The van der Waals surface area contributed by atoms with Crippen LogP contribution >= 0.6 is 0 Å². The standard InChI is InChI=1S/C38H43FN6O4/c39-36-29(3-2-13-41-36)28-21-31(37(40)42-23-28)38(47)43-32-4-1-5-34(32)49-24-25-6-8-26(9-7-25)27-10-11-30-33(12-20-48-35(30)22-27)45-16-14-44(15-17-45)18-19-46/h2-3,6-11,13,21-23,32-34,46H,1,4-5,12,14-20,24H2,(H2,40,42)(H,43,47)/t32-,33?,34-/m0/s1. The van der Waals surface area contributed by atoms with Gasteiger partial charge in [-0.1, -0.05) is 36.4 Å². The molecule has 1 amide bonds. The van der Waals surface area contributed by atoms with Crippen molar-refractivity contribution in [2.75, 3.05) is 51.7 Å². The predicted octanol–water partition coefficient (Wildman–Crippen LogP) is 4.83. The zero-order valence-electron chi connectivity index (χ0n) is 27.6. The summed E-state index contributed by atoms with van der Waals surface area (Å²) in [4.78, 5) is 26.0. The Kier molecular flexibility index (Phi) is 10.1. The van der Waals surface area contributed by atoms with Crippen molar-refractivity contribution in [3.05, 3.63) is 95.7 Å². The first kappa shape index (κ1) is 33.1. The number of aromatic nitrogens is 2. The number of β-amino-alcohol motifs (C(OH)–C–C–N with tert-alkyl or cyclic N) is 1. The van der Waals surface area contributed by atoms with Gasteiger partial charge in [0.15, 0.2) is 0 Å². The molecule has 11 heteroatoms. The molecule has 1 unspecified atom stereocenters. The van der Waals surface area contributed by atoms with Crippen LogP contribution < -0.4 is 15.8 Å². The number of hydrogen-bond acceptors (Lipinski definition) is 9. The number of fused-ring (bicyclic) bond motifs is 1. The number of carbonyl (C=O) groups is 1. The number of hydrogen-bond donors (Lipinski definition) is 3. The van der Waals surface area contributed by atoms with Crippen LogP contribution in [0.25, 0.3) is 22.3 Å². The van der Waals surface area contributed by atoms with E-state index < -0.39 is 5.95 Å². The molecule has 4 heterocycles. The van der Waals surface area contributed by atoms with Crippen molar-refractivity contribution in [1.82, 2.24) is 25.1 Å². The van der Waals surface area contributed by atoms with Crippen molar-refractivity contribution < 1.29 is 23.8 Å². The molecule has 4 aromatic rings. The molecule has 10 nitrogen and oxygen atoms in total. The number of pyridine rings is 2. The van der Waals surface area contributed by atoms with Crippen LogP contribution in [0.15, 0.2) is 73.1 Å². The normalized spacial score (nSPS) is 21.2. The summed E-state index contributed by atoms with van der Waals surface area (Å²) in [7, 11) is 0. The summed E-state index contributed by atoms with van der Waals surface area (Å²) in [5.41, 5.74) is 11.5. The molecule has 0 radical (unpaired) electrons. The van der Waals surface area contributed by atoms with Crippen molar-refractivity contribution in [1.29, 1.82) is 0 Å². The first-order chi connectivity index (χ1) is 24.0. The average molecular weight is 667 g/mol. The summed E-state index contributed by atoms with van der Waals surface area (Å²) in [5, 5.41) is 12.4. The van der Waals surface area contributed by atoms with Crippen molar-refractivity contribution in [2.45, 2.75) is 50.5 Å². The first-order valence-corrected chi connectivity index (χ1v) is 17.2. The third kappa shape index (κ3) is 7.45. The Morgan fingerprint density at radius 1 is 1.00 bits per heavy atom. The Hall–Kier alpha value is -4.42. The second-order valence-corrected chi connectivity index (χ2v) is 13.1. The molecule has 0 spiro atoms. The SMILES string of the molecule is Nc1ncc(-c2cccnc2F)cc1C(=O)N[C@H]1CCC[C@@H]1OCc1ccc(-c2ccc3c(c2)OCCC3N2CCN(CCO)CC2)cc1. The molecular weight excluding hydrogens is 623 g/mol. The summed E-state index contributed by atoms with van der Waals surface area (Å²) in [6, 6.07) is 19.9. The van der Waals surface area contributed by atoms with Gasteiger partial charge in [0, 0.05) is 74.3 Å². The Bertz CT molecular complexity index is 1760. The Labute approximate surface area is 286 Å². The molecule has 1 aliphatic carbocycles. The van der Waals surface area contributed by atoms with Crippen molar-refractivity contribution in [3.8, 4) is 28.0 Å². The fraction of sp³-hybridized carbons (Fsp3) is 0.395. The van der Waals surface area contributed by atoms with E-state index in [-0.39, 0.29) is 41.6 Å². The Morgan fingerprint density at radius 3 is 2.61 bits per heavy atom. The first-order valence-electron chi connectivity index (χ1n) is 17.2. The minimum atomic E-state index is -0.635. The largest absolute Gasteiger partial charge is 0.493 e. The number of nitrogens with two attached hydrogens (primary N) is 1. The van der Waals surface area contributed by atoms with Crippen molar-refractivity contribution in [3.63, 3.8) is 0 Å². The second-order valence-electron chi connectivity index (χ2n) is 13.1. The molecule has 49 heavy (non-hydrogen) atoms. The minimum absolute atomic E-state index is 0.0831. The number of rotatable bonds is 10. The number of carbonyl (C=O) groups excluding carboxylic acids is 1. The van der Waals surface area contributed by atoms with Gasteiger partial charge in [-0.2, -0.15) is 4.39 Å². The number of halogens is 1. The van der Waals surface area contributed by atoms with Crippen LogP contribution in [0.3, 0.4) is 0 Å². The molecule has 1 saturated heterocycles. The van der Waals surface area contributed by atoms with E-state index in [0.717, 1.165) is 80.8 Å². The van der Waals surface area contributed by atoms with E-state index in [2.05, 4.69) is 67.5 Å². The number of nitrogens with zero attached hydrogens (tertiary/aromatic N) is 4. The van der Waals surface area contributed by atoms with Gasteiger partial charge in [-0.25, -0.2) is 9.97 Å². The Balaban J connectivity index is 0.955. The lowest BCUT2D eigenvalue weighted by Gasteiger charge is -2.41.